The Labute approximate surface area is 260 Å². The maximum absolute atomic E-state index is 12.4. The number of thiophene rings is 1. The summed E-state index contributed by atoms with van der Waals surface area (Å²) in [6.07, 6.45) is -3.22. The lowest BCUT2D eigenvalue weighted by Gasteiger charge is -2.37. The van der Waals surface area contributed by atoms with Crippen molar-refractivity contribution in [1.82, 2.24) is 14.9 Å². The molecule has 2 aromatic carbocycles. The van der Waals surface area contributed by atoms with Crippen LogP contribution >= 0.6 is 11.3 Å². The van der Waals surface area contributed by atoms with Crippen molar-refractivity contribution in [2.75, 3.05) is 50.0 Å². The van der Waals surface area contributed by atoms with E-state index < -0.39 is 12.3 Å². The number of halogens is 3. The Kier molecular flexibility index (Phi) is 8.67. The number of benzene rings is 2. The number of fused-ring (bicyclic) bond motifs is 3. The van der Waals surface area contributed by atoms with Crippen molar-refractivity contribution in [2.45, 2.75) is 25.8 Å². The molecule has 1 fully saturated rings. The number of piperazine rings is 1. The molecule has 0 saturated carbocycles. The average Bonchev–Trinajstić information content (AvgIpc) is 3.49. The number of nitrogens with zero attached hydrogens (tertiary/aromatic N) is 4. The van der Waals surface area contributed by atoms with Gasteiger partial charge in [-0.2, -0.15) is 4.98 Å². The Hall–Kier alpha value is -4.56. The van der Waals surface area contributed by atoms with Gasteiger partial charge in [0.15, 0.2) is 0 Å². The molecule has 3 N–H and O–H groups in total. The van der Waals surface area contributed by atoms with Gasteiger partial charge in [-0.05, 0) is 54.3 Å². The number of carboxylic acids is 1. The molecule has 10 nitrogen and oxygen atoms in total. The molecular weight excluding hydrogens is 611 g/mol. The summed E-state index contributed by atoms with van der Waals surface area (Å²) in [7, 11) is 0. The maximum Gasteiger partial charge on any atom is 0.573 e. The first-order chi connectivity index (χ1) is 21.6. The summed E-state index contributed by atoms with van der Waals surface area (Å²) in [4.78, 5) is 25.1. The molecule has 14 heteroatoms. The molecule has 0 bridgehead atoms. The monoisotopic (exact) mass is 641 g/mol. The van der Waals surface area contributed by atoms with Crippen molar-refractivity contribution in [3.63, 3.8) is 0 Å². The number of nitrogen functional groups attached to an aromatic ring is 1. The second kappa shape index (κ2) is 12.8. The van der Waals surface area contributed by atoms with E-state index in [1.54, 1.807) is 11.4 Å². The summed E-state index contributed by atoms with van der Waals surface area (Å²) in [6.45, 7) is 4.57. The highest BCUT2D eigenvalue weighted by Gasteiger charge is 2.31. The van der Waals surface area contributed by atoms with Crippen molar-refractivity contribution in [3.8, 4) is 28.5 Å². The number of nitrogens with two attached hydrogens (primary N) is 1. The van der Waals surface area contributed by atoms with Crippen LogP contribution in [0, 0.1) is 0 Å². The zero-order chi connectivity index (χ0) is 31.6. The van der Waals surface area contributed by atoms with Gasteiger partial charge in [-0.3, -0.25) is 4.90 Å². The number of alkyl halides is 3. The normalized spacial score (nSPS) is 14.9. The average molecular weight is 642 g/mol. The maximum atomic E-state index is 12.4. The number of aromatic carboxylic acids is 1. The van der Waals surface area contributed by atoms with E-state index >= 15 is 0 Å². The molecule has 236 valence electrons. The van der Waals surface area contributed by atoms with Gasteiger partial charge in [-0.25, -0.2) is 9.78 Å². The Morgan fingerprint density at radius 1 is 0.956 bits per heavy atom. The molecule has 4 aromatic rings. The Morgan fingerprint density at radius 2 is 1.71 bits per heavy atom. The van der Waals surface area contributed by atoms with Crippen LogP contribution in [0.25, 0.3) is 11.3 Å². The number of carbonyl (C=O) groups is 1. The van der Waals surface area contributed by atoms with Gasteiger partial charge in [-0.1, -0.05) is 12.1 Å². The molecule has 1 saturated heterocycles. The first kappa shape index (κ1) is 30.5. The minimum atomic E-state index is -4.73. The van der Waals surface area contributed by atoms with Crippen LogP contribution < -0.4 is 24.8 Å². The molecule has 0 radical (unpaired) electrons. The predicted molar refractivity (Wildman–Crippen MR) is 162 cm³/mol. The van der Waals surface area contributed by atoms with Crippen LogP contribution in [0.4, 0.5) is 24.9 Å². The fourth-order valence-corrected chi connectivity index (χ4v) is 6.16. The smallest absolute Gasteiger partial charge is 0.491 e. The summed E-state index contributed by atoms with van der Waals surface area (Å²) in [5, 5.41) is 10.8. The van der Waals surface area contributed by atoms with Gasteiger partial charge in [0.1, 0.15) is 41.2 Å². The van der Waals surface area contributed by atoms with Crippen LogP contribution in [0.5, 0.6) is 17.2 Å². The van der Waals surface area contributed by atoms with Crippen molar-refractivity contribution in [3.05, 3.63) is 75.5 Å². The van der Waals surface area contributed by atoms with Gasteiger partial charge in [0.05, 0.1) is 5.69 Å². The van der Waals surface area contributed by atoms with Crippen LogP contribution in [0.3, 0.4) is 0 Å². The van der Waals surface area contributed by atoms with Crippen molar-refractivity contribution in [1.29, 1.82) is 0 Å². The van der Waals surface area contributed by atoms with Gasteiger partial charge in [-0.15, -0.1) is 24.5 Å². The Bertz CT molecular complexity index is 1670. The highest BCUT2D eigenvalue weighted by Crippen LogP contribution is 2.39. The van der Waals surface area contributed by atoms with E-state index in [1.807, 2.05) is 18.2 Å². The quantitative estimate of drug-likeness (QED) is 0.237. The van der Waals surface area contributed by atoms with E-state index in [0.29, 0.717) is 23.7 Å². The predicted octanol–water partition coefficient (Wildman–Crippen LogP) is 5.26. The molecule has 0 spiro atoms. The Balaban J connectivity index is 1.06. The lowest BCUT2D eigenvalue weighted by Crippen LogP contribution is -2.48. The van der Waals surface area contributed by atoms with E-state index in [-0.39, 0.29) is 23.2 Å². The zero-order valence-corrected chi connectivity index (χ0v) is 24.9. The van der Waals surface area contributed by atoms with E-state index in [9.17, 15) is 18.0 Å². The zero-order valence-electron chi connectivity index (χ0n) is 24.0. The highest BCUT2D eigenvalue weighted by molar-refractivity contribution is 7.12. The van der Waals surface area contributed by atoms with Crippen molar-refractivity contribution >= 4 is 29.1 Å². The number of aryl methyl sites for hydroxylation is 1. The van der Waals surface area contributed by atoms with Crippen LogP contribution in [-0.4, -0.2) is 71.6 Å². The summed E-state index contributed by atoms with van der Waals surface area (Å²) in [5.41, 5.74) is 10.8. The van der Waals surface area contributed by atoms with E-state index in [4.69, 9.17) is 20.3 Å². The minimum Gasteiger partial charge on any atom is -0.491 e. The van der Waals surface area contributed by atoms with E-state index in [0.717, 1.165) is 85.1 Å². The van der Waals surface area contributed by atoms with Gasteiger partial charge in [0.2, 0.25) is 5.95 Å². The number of anilines is 2. The van der Waals surface area contributed by atoms with Gasteiger partial charge in [0.25, 0.3) is 0 Å². The summed E-state index contributed by atoms with van der Waals surface area (Å²) in [6, 6.07) is 12.9. The number of aromatic nitrogens is 2. The van der Waals surface area contributed by atoms with Gasteiger partial charge < -0.3 is 30.0 Å². The van der Waals surface area contributed by atoms with Gasteiger partial charge in [0, 0.05) is 55.3 Å². The lowest BCUT2D eigenvalue weighted by molar-refractivity contribution is -0.274. The summed E-state index contributed by atoms with van der Waals surface area (Å²) < 4.78 is 52.8. The second-order valence-electron chi connectivity index (χ2n) is 10.7. The number of ether oxygens (including phenoxy) is 3. The number of hydrogen-bond acceptors (Lipinski definition) is 10. The minimum absolute atomic E-state index is 0.193. The third-order valence-corrected chi connectivity index (χ3v) is 8.57. The molecule has 45 heavy (non-hydrogen) atoms. The Morgan fingerprint density at radius 3 is 2.42 bits per heavy atom. The lowest BCUT2D eigenvalue weighted by atomic mass is 9.88. The topological polar surface area (TPSA) is 123 Å². The van der Waals surface area contributed by atoms with Crippen LogP contribution in [0.2, 0.25) is 0 Å². The fraction of sp³-hybridized carbons (Fsp3) is 0.323. The fourth-order valence-electron chi connectivity index (χ4n) is 5.50. The van der Waals surface area contributed by atoms with Crippen LogP contribution in [0.1, 0.15) is 26.4 Å². The van der Waals surface area contributed by atoms with E-state index in [2.05, 4.69) is 24.5 Å². The third-order valence-electron chi connectivity index (χ3n) is 7.68. The molecular formula is C31H30F3N5O5S. The van der Waals surface area contributed by atoms with Crippen LogP contribution in [0.15, 0.2) is 53.9 Å². The first-order valence-electron chi connectivity index (χ1n) is 14.3. The summed E-state index contributed by atoms with van der Waals surface area (Å²) in [5.74, 6) is 1.06. The number of carboxylic acid groups (broad SMARTS) is 1. The molecule has 0 amide bonds. The molecule has 0 unspecified atom stereocenters. The van der Waals surface area contributed by atoms with E-state index in [1.165, 1.54) is 24.3 Å². The molecule has 2 aliphatic rings. The number of hydrogen-bond donors (Lipinski definition) is 2. The second-order valence-corrected chi connectivity index (χ2v) is 11.6. The first-order valence-corrected chi connectivity index (χ1v) is 15.2. The van der Waals surface area contributed by atoms with Crippen molar-refractivity contribution in [2.24, 2.45) is 0 Å². The molecule has 6 rings (SSSR count). The van der Waals surface area contributed by atoms with Gasteiger partial charge >= 0.3 is 12.3 Å². The number of rotatable bonds is 10. The van der Waals surface area contributed by atoms with Crippen LogP contribution in [-0.2, 0) is 19.4 Å². The molecule has 1 aliphatic carbocycles. The SMILES string of the molecule is Nc1nc2c(c(N3CCN(CCOc4csc(C(=O)O)c4)CC3)n1)CCc1cc(OCc3ccc(OC(F)(F)F)cc3)ccc1-2. The standard InChI is InChI=1S/C31H30F3N5O5S/c32-31(33,34)44-21-4-1-19(2-5-21)17-43-22-6-8-24-20(15-22)3-7-25-27(24)36-30(35)37-28(25)39-11-9-38(10-12-39)13-14-42-23-16-26(29(40)41)45-18-23/h1-2,4-6,8,15-16,18H,3,7,9-14,17H2,(H,40,41)(H2,35,36,37). The highest BCUT2D eigenvalue weighted by atomic mass is 32.1. The molecule has 1 aliphatic heterocycles. The molecule has 0 atom stereocenters. The molecule has 2 aromatic heterocycles. The largest absolute Gasteiger partial charge is 0.573 e. The summed E-state index contributed by atoms with van der Waals surface area (Å²) >= 11 is 1.15. The third kappa shape index (κ3) is 7.40. The molecule has 3 heterocycles. The van der Waals surface area contributed by atoms with Crippen molar-refractivity contribution < 1.29 is 37.3 Å².